The Morgan fingerprint density at radius 1 is 1.00 bits per heavy atom. The summed E-state index contributed by atoms with van der Waals surface area (Å²) in [6, 6.07) is 13.5. The fourth-order valence-electron chi connectivity index (χ4n) is 1.85. The third-order valence-corrected chi connectivity index (χ3v) is 2.88. The summed E-state index contributed by atoms with van der Waals surface area (Å²) >= 11 is 0. The Bertz CT molecular complexity index is 668. The van der Waals surface area contributed by atoms with E-state index in [1.165, 1.54) is 14.0 Å². The molecule has 2 aromatic rings. The van der Waals surface area contributed by atoms with Crippen molar-refractivity contribution in [2.75, 3.05) is 17.7 Å². The van der Waals surface area contributed by atoms with Gasteiger partial charge in [0.2, 0.25) is 0 Å². The van der Waals surface area contributed by atoms with E-state index in [1.54, 1.807) is 42.5 Å². The molecule has 2 aromatic carbocycles. The summed E-state index contributed by atoms with van der Waals surface area (Å²) in [5.74, 6) is 0.522. The normalized spacial score (nSPS) is 9.81. The lowest BCUT2D eigenvalue weighted by atomic mass is 10.1. The Labute approximate surface area is 122 Å². The number of nitrogens with one attached hydrogen (secondary N) is 2. The van der Waals surface area contributed by atoms with Crippen molar-refractivity contribution in [2.45, 2.75) is 6.92 Å². The zero-order chi connectivity index (χ0) is 15.2. The summed E-state index contributed by atoms with van der Waals surface area (Å²) in [6.45, 7) is 1.48. The molecule has 0 aliphatic heterocycles. The van der Waals surface area contributed by atoms with Crippen molar-refractivity contribution in [3.05, 3.63) is 54.1 Å². The maximum Gasteiger partial charge on any atom is 0.323 e. The number of carbonyl (C=O) groups is 2. The first-order valence-corrected chi connectivity index (χ1v) is 6.42. The first-order valence-electron chi connectivity index (χ1n) is 6.42. The molecular formula is C16H16N2O3. The molecule has 5 nitrogen and oxygen atoms in total. The number of benzene rings is 2. The Morgan fingerprint density at radius 2 is 1.76 bits per heavy atom. The molecule has 0 atom stereocenters. The minimum Gasteiger partial charge on any atom is -0.495 e. The molecule has 0 aliphatic rings. The van der Waals surface area contributed by atoms with Gasteiger partial charge in [-0.05, 0) is 31.2 Å². The van der Waals surface area contributed by atoms with Gasteiger partial charge in [0, 0.05) is 11.3 Å². The molecule has 0 radical (unpaired) electrons. The molecule has 5 heteroatoms. The summed E-state index contributed by atoms with van der Waals surface area (Å²) < 4.78 is 5.16. The Balaban J connectivity index is 2.08. The van der Waals surface area contributed by atoms with Gasteiger partial charge in [0.1, 0.15) is 5.75 Å². The summed E-state index contributed by atoms with van der Waals surface area (Å²) in [5.41, 5.74) is 1.67. The average molecular weight is 284 g/mol. The Kier molecular flexibility index (Phi) is 4.56. The molecule has 0 fully saturated rings. The summed E-state index contributed by atoms with van der Waals surface area (Å²) in [5, 5.41) is 5.38. The minimum absolute atomic E-state index is 0.0520. The highest BCUT2D eigenvalue weighted by Gasteiger charge is 2.07. The van der Waals surface area contributed by atoms with E-state index in [1.807, 2.05) is 6.07 Å². The van der Waals surface area contributed by atoms with Crippen LogP contribution in [0.1, 0.15) is 17.3 Å². The molecule has 108 valence electrons. The van der Waals surface area contributed by atoms with Crippen LogP contribution in [0.4, 0.5) is 16.2 Å². The molecule has 2 rings (SSSR count). The topological polar surface area (TPSA) is 67.4 Å². The smallest absolute Gasteiger partial charge is 0.323 e. The molecule has 0 saturated heterocycles. The third kappa shape index (κ3) is 3.82. The second-order valence-corrected chi connectivity index (χ2v) is 4.42. The number of anilines is 2. The summed E-state index contributed by atoms with van der Waals surface area (Å²) in [7, 11) is 1.54. The van der Waals surface area contributed by atoms with E-state index in [4.69, 9.17) is 4.74 Å². The van der Waals surface area contributed by atoms with Crippen LogP contribution in [-0.4, -0.2) is 18.9 Å². The van der Waals surface area contributed by atoms with Crippen molar-refractivity contribution >= 4 is 23.2 Å². The van der Waals surface area contributed by atoms with Crippen LogP contribution in [0.25, 0.3) is 0 Å². The number of methoxy groups -OCH3 is 1. The molecule has 0 spiro atoms. The number of hydrogen-bond donors (Lipinski definition) is 2. The maximum absolute atomic E-state index is 12.0. The van der Waals surface area contributed by atoms with E-state index in [0.717, 1.165) is 0 Å². The van der Waals surface area contributed by atoms with Crippen LogP contribution in [0.3, 0.4) is 0 Å². The molecule has 0 aromatic heterocycles. The lowest BCUT2D eigenvalue weighted by Gasteiger charge is -2.11. The number of rotatable bonds is 4. The van der Waals surface area contributed by atoms with E-state index in [2.05, 4.69) is 10.6 Å². The highest BCUT2D eigenvalue weighted by molar-refractivity contribution is 6.02. The second-order valence-electron chi connectivity index (χ2n) is 4.42. The highest BCUT2D eigenvalue weighted by atomic mass is 16.5. The SMILES string of the molecule is COc1ccccc1NC(=O)Nc1cccc(C(C)=O)c1. The zero-order valence-corrected chi connectivity index (χ0v) is 11.8. The van der Waals surface area contributed by atoms with Gasteiger partial charge in [0.15, 0.2) is 5.78 Å². The highest BCUT2D eigenvalue weighted by Crippen LogP contribution is 2.23. The average Bonchev–Trinajstić information content (AvgIpc) is 2.48. The first kappa shape index (κ1) is 14.6. The molecule has 0 bridgehead atoms. The van der Waals surface area contributed by atoms with Gasteiger partial charge in [0.25, 0.3) is 0 Å². The van der Waals surface area contributed by atoms with Gasteiger partial charge >= 0.3 is 6.03 Å². The predicted molar refractivity (Wildman–Crippen MR) is 82.1 cm³/mol. The molecule has 0 heterocycles. The summed E-state index contributed by atoms with van der Waals surface area (Å²) in [6.07, 6.45) is 0. The number of hydrogen-bond acceptors (Lipinski definition) is 3. The van der Waals surface area contributed by atoms with Crippen LogP contribution in [0.15, 0.2) is 48.5 Å². The second kappa shape index (κ2) is 6.56. The molecule has 2 amide bonds. The van der Waals surface area contributed by atoms with E-state index < -0.39 is 6.03 Å². The van der Waals surface area contributed by atoms with Crippen molar-refractivity contribution in [3.8, 4) is 5.75 Å². The Hall–Kier alpha value is -2.82. The van der Waals surface area contributed by atoms with Crippen LogP contribution in [-0.2, 0) is 0 Å². The van der Waals surface area contributed by atoms with Gasteiger partial charge in [-0.1, -0.05) is 24.3 Å². The van der Waals surface area contributed by atoms with Crippen molar-refractivity contribution in [3.63, 3.8) is 0 Å². The van der Waals surface area contributed by atoms with Gasteiger partial charge in [-0.15, -0.1) is 0 Å². The largest absolute Gasteiger partial charge is 0.495 e. The predicted octanol–water partition coefficient (Wildman–Crippen LogP) is 3.54. The number of amides is 2. The van der Waals surface area contributed by atoms with Crippen LogP contribution in [0, 0.1) is 0 Å². The van der Waals surface area contributed by atoms with Crippen molar-refractivity contribution < 1.29 is 14.3 Å². The van der Waals surface area contributed by atoms with Crippen LogP contribution in [0.5, 0.6) is 5.75 Å². The van der Waals surface area contributed by atoms with Crippen molar-refractivity contribution in [1.29, 1.82) is 0 Å². The number of Topliss-reactive ketones (excluding diaryl/α,β-unsaturated/α-hetero) is 1. The van der Waals surface area contributed by atoms with E-state index in [-0.39, 0.29) is 5.78 Å². The third-order valence-electron chi connectivity index (χ3n) is 2.88. The van der Waals surface area contributed by atoms with Gasteiger partial charge < -0.3 is 15.4 Å². The molecule has 0 unspecified atom stereocenters. The molecule has 0 aliphatic carbocycles. The molecule has 21 heavy (non-hydrogen) atoms. The number of para-hydroxylation sites is 2. The zero-order valence-electron chi connectivity index (χ0n) is 11.8. The fourth-order valence-corrected chi connectivity index (χ4v) is 1.85. The van der Waals surface area contributed by atoms with Gasteiger partial charge in [-0.2, -0.15) is 0 Å². The lowest BCUT2D eigenvalue weighted by molar-refractivity contribution is 0.101. The van der Waals surface area contributed by atoms with E-state index in [0.29, 0.717) is 22.7 Å². The number of ether oxygens (including phenoxy) is 1. The number of ketones is 1. The molecule has 0 saturated carbocycles. The van der Waals surface area contributed by atoms with Gasteiger partial charge in [-0.25, -0.2) is 4.79 Å². The van der Waals surface area contributed by atoms with Crippen molar-refractivity contribution in [2.24, 2.45) is 0 Å². The van der Waals surface area contributed by atoms with Gasteiger partial charge in [0.05, 0.1) is 12.8 Å². The van der Waals surface area contributed by atoms with Crippen LogP contribution >= 0.6 is 0 Å². The summed E-state index contributed by atoms with van der Waals surface area (Å²) in [4.78, 5) is 23.3. The number of urea groups is 1. The van der Waals surface area contributed by atoms with E-state index >= 15 is 0 Å². The van der Waals surface area contributed by atoms with Crippen LogP contribution in [0.2, 0.25) is 0 Å². The minimum atomic E-state index is -0.403. The quantitative estimate of drug-likeness (QED) is 0.844. The standard InChI is InChI=1S/C16H16N2O3/c1-11(19)12-6-5-7-13(10-12)17-16(20)18-14-8-3-4-9-15(14)21-2/h3-10H,1-2H3,(H2,17,18,20). The van der Waals surface area contributed by atoms with E-state index in [9.17, 15) is 9.59 Å². The number of carbonyl (C=O) groups excluding carboxylic acids is 2. The van der Waals surface area contributed by atoms with Crippen molar-refractivity contribution in [1.82, 2.24) is 0 Å². The van der Waals surface area contributed by atoms with Gasteiger partial charge in [-0.3, -0.25) is 4.79 Å². The molecule has 2 N–H and O–H groups in total. The fraction of sp³-hybridized carbons (Fsp3) is 0.125. The molecular weight excluding hydrogens is 268 g/mol. The maximum atomic E-state index is 12.0. The lowest BCUT2D eigenvalue weighted by Crippen LogP contribution is -2.19. The first-order chi connectivity index (χ1) is 10.1. The monoisotopic (exact) mass is 284 g/mol. The Morgan fingerprint density at radius 3 is 2.48 bits per heavy atom. The van der Waals surface area contributed by atoms with Crippen LogP contribution < -0.4 is 15.4 Å².